The van der Waals surface area contributed by atoms with Crippen LogP contribution in [0.2, 0.25) is 0 Å². The number of ether oxygens (including phenoxy) is 1. The Bertz CT molecular complexity index is 1130. The minimum absolute atomic E-state index is 0.0148. The van der Waals surface area contributed by atoms with E-state index in [0.29, 0.717) is 6.07 Å². The average molecular weight is 450 g/mol. The van der Waals surface area contributed by atoms with E-state index in [1.165, 1.54) is 30.5 Å². The number of hydrogen-bond donors (Lipinski definition) is 1. The van der Waals surface area contributed by atoms with Gasteiger partial charge in [-0.05, 0) is 36.4 Å². The van der Waals surface area contributed by atoms with Crippen molar-refractivity contribution in [1.82, 2.24) is 4.98 Å². The zero-order valence-corrected chi connectivity index (χ0v) is 16.3. The van der Waals surface area contributed by atoms with Gasteiger partial charge < -0.3 is 9.72 Å². The molecule has 3 rings (SSSR count). The van der Waals surface area contributed by atoms with E-state index in [2.05, 4.69) is 4.98 Å². The molecule has 0 fully saturated rings. The van der Waals surface area contributed by atoms with Crippen molar-refractivity contribution in [3.63, 3.8) is 0 Å². The first kappa shape index (κ1) is 22.1. The number of aromatic amines is 1. The number of aromatic nitrogens is 1. The zero-order valence-electron chi connectivity index (χ0n) is 15.5. The van der Waals surface area contributed by atoms with Crippen LogP contribution in [0.5, 0.6) is 0 Å². The van der Waals surface area contributed by atoms with Crippen molar-refractivity contribution in [3.8, 4) is 0 Å². The molecule has 0 radical (unpaired) electrons. The number of Topliss-reactive ketones (excluding diaryl/α,β-unsaturated/α-hetero) is 1. The first-order valence-corrected chi connectivity index (χ1v) is 9.44. The summed E-state index contributed by atoms with van der Waals surface area (Å²) in [4.78, 5) is 37.6. The van der Waals surface area contributed by atoms with E-state index < -0.39 is 40.7 Å². The fraction of sp³-hybridized carbons (Fsp3) is 0.100. The number of carbonyl (C=O) groups is 2. The molecule has 11 heteroatoms. The van der Waals surface area contributed by atoms with Gasteiger partial charge in [-0.1, -0.05) is 23.9 Å². The van der Waals surface area contributed by atoms with Gasteiger partial charge in [0.25, 0.3) is 5.69 Å². The number of nitrogens with one attached hydrogen (secondary N) is 1. The van der Waals surface area contributed by atoms with Crippen molar-refractivity contribution in [1.29, 1.82) is 0 Å². The van der Waals surface area contributed by atoms with Crippen LogP contribution >= 0.6 is 11.8 Å². The average Bonchev–Trinajstić information content (AvgIpc) is 3.26. The molecule has 0 aliphatic heterocycles. The maximum absolute atomic E-state index is 12.9. The lowest BCUT2D eigenvalue weighted by Crippen LogP contribution is -2.15. The number of alkyl halides is 3. The molecule has 0 aliphatic rings. The quantitative estimate of drug-likeness (QED) is 0.232. The topological polar surface area (TPSA) is 102 Å². The summed E-state index contributed by atoms with van der Waals surface area (Å²) in [7, 11) is 0. The number of carbonyl (C=O) groups excluding carboxylic acids is 2. The summed E-state index contributed by atoms with van der Waals surface area (Å²) in [6.07, 6.45) is -3.20. The Balaban J connectivity index is 1.83. The van der Waals surface area contributed by atoms with Gasteiger partial charge in [0.1, 0.15) is 0 Å². The number of H-pyrrole nitrogens is 1. The molecular formula is C20H13F3N2O5S. The lowest BCUT2D eigenvalue weighted by atomic mass is 10.2. The van der Waals surface area contributed by atoms with Gasteiger partial charge in [0.15, 0.2) is 6.61 Å². The van der Waals surface area contributed by atoms with Crippen LogP contribution in [0, 0.1) is 10.1 Å². The van der Waals surface area contributed by atoms with Gasteiger partial charge >= 0.3 is 12.1 Å². The number of nitro benzene ring substituents is 1. The molecular weight excluding hydrogens is 437 g/mol. The molecule has 0 spiro atoms. The van der Waals surface area contributed by atoms with Crippen molar-refractivity contribution in [2.75, 3.05) is 6.61 Å². The van der Waals surface area contributed by atoms with Crippen LogP contribution in [0.3, 0.4) is 0 Å². The SMILES string of the molecule is O=C(COC(=O)c1ccccc1Sc1ccc(C(F)(F)F)cc1[N+](=O)[O-])c1ccc[nH]1. The van der Waals surface area contributed by atoms with Gasteiger partial charge in [-0.2, -0.15) is 13.2 Å². The molecule has 0 amide bonds. The number of benzene rings is 2. The monoisotopic (exact) mass is 450 g/mol. The highest BCUT2D eigenvalue weighted by Crippen LogP contribution is 2.40. The molecule has 0 saturated carbocycles. The van der Waals surface area contributed by atoms with Crippen molar-refractivity contribution < 1.29 is 32.4 Å². The van der Waals surface area contributed by atoms with E-state index in [1.54, 1.807) is 12.1 Å². The van der Waals surface area contributed by atoms with E-state index in [1.807, 2.05) is 0 Å². The Morgan fingerprint density at radius 2 is 1.81 bits per heavy atom. The molecule has 0 bridgehead atoms. The molecule has 1 N–H and O–H groups in total. The summed E-state index contributed by atoms with van der Waals surface area (Å²) < 4.78 is 43.7. The van der Waals surface area contributed by atoms with Crippen molar-refractivity contribution in [2.45, 2.75) is 16.0 Å². The Kier molecular flexibility index (Phi) is 6.44. The van der Waals surface area contributed by atoms with Crippen molar-refractivity contribution in [2.24, 2.45) is 0 Å². The molecule has 0 atom stereocenters. The van der Waals surface area contributed by atoms with Crippen LogP contribution in [0.4, 0.5) is 18.9 Å². The minimum Gasteiger partial charge on any atom is -0.454 e. The third-order valence-corrected chi connectivity index (χ3v) is 5.18. The fourth-order valence-corrected chi connectivity index (χ4v) is 3.57. The predicted molar refractivity (Wildman–Crippen MR) is 104 cm³/mol. The maximum Gasteiger partial charge on any atom is 0.416 e. The molecule has 1 aromatic heterocycles. The Morgan fingerprint density at radius 1 is 1.06 bits per heavy atom. The van der Waals surface area contributed by atoms with E-state index >= 15 is 0 Å². The van der Waals surface area contributed by atoms with Crippen LogP contribution in [0.15, 0.2) is 70.6 Å². The summed E-state index contributed by atoms with van der Waals surface area (Å²) in [6.45, 7) is -0.529. The first-order chi connectivity index (χ1) is 14.7. The second-order valence-corrected chi connectivity index (χ2v) is 7.20. The number of nitro groups is 1. The van der Waals surface area contributed by atoms with Gasteiger partial charge in [-0.3, -0.25) is 14.9 Å². The minimum atomic E-state index is -4.73. The second-order valence-electron chi connectivity index (χ2n) is 6.12. The van der Waals surface area contributed by atoms with Crippen LogP contribution < -0.4 is 0 Å². The summed E-state index contributed by atoms with van der Waals surface area (Å²) in [6, 6.07) is 11.2. The highest BCUT2D eigenvalue weighted by molar-refractivity contribution is 7.99. The zero-order chi connectivity index (χ0) is 22.6. The molecule has 7 nitrogen and oxygen atoms in total. The molecule has 0 saturated heterocycles. The van der Waals surface area contributed by atoms with Crippen LogP contribution in [-0.2, 0) is 10.9 Å². The maximum atomic E-state index is 12.9. The number of hydrogen-bond acceptors (Lipinski definition) is 6. The summed E-state index contributed by atoms with van der Waals surface area (Å²) in [5, 5.41) is 11.3. The number of esters is 1. The standard InChI is InChI=1S/C20H13F3N2O5S/c21-20(22,23)12-7-8-18(15(10-12)25(28)29)31-17-6-2-1-4-13(17)19(27)30-11-16(26)14-5-3-9-24-14/h1-10,24H,11H2. The smallest absolute Gasteiger partial charge is 0.416 e. The number of ketones is 1. The van der Waals surface area contributed by atoms with E-state index in [4.69, 9.17) is 4.74 Å². The fourth-order valence-electron chi connectivity index (χ4n) is 2.56. The molecule has 160 valence electrons. The van der Waals surface area contributed by atoms with Gasteiger partial charge in [-0.15, -0.1) is 0 Å². The Labute approximate surface area is 177 Å². The molecule has 1 heterocycles. The Morgan fingerprint density at radius 3 is 2.45 bits per heavy atom. The molecule has 2 aromatic carbocycles. The number of nitrogens with zero attached hydrogens (tertiary/aromatic N) is 1. The number of rotatable bonds is 7. The van der Waals surface area contributed by atoms with Crippen molar-refractivity contribution in [3.05, 3.63) is 87.7 Å². The van der Waals surface area contributed by atoms with Crippen molar-refractivity contribution >= 4 is 29.2 Å². The Hall–Kier alpha value is -3.60. The third kappa shape index (κ3) is 5.31. The second kappa shape index (κ2) is 9.04. The van der Waals surface area contributed by atoms with Gasteiger partial charge in [0.2, 0.25) is 5.78 Å². The first-order valence-electron chi connectivity index (χ1n) is 8.63. The highest BCUT2D eigenvalue weighted by atomic mass is 32.2. The van der Waals surface area contributed by atoms with E-state index in [9.17, 15) is 32.9 Å². The summed E-state index contributed by atoms with van der Waals surface area (Å²) in [5.41, 5.74) is -1.62. The van der Waals surface area contributed by atoms with Gasteiger partial charge in [0.05, 0.1) is 26.6 Å². The van der Waals surface area contributed by atoms with Crippen LogP contribution in [0.1, 0.15) is 26.4 Å². The molecule has 31 heavy (non-hydrogen) atoms. The van der Waals surface area contributed by atoms with Gasteiger partial charge in [0, 0.05) is 17.2 Å². The van der Waals surface area contributed by atoms with Crippen LogP contribution in [0.25, 0.3) is 0 Å². The van der Waals surface area contributed by atoms with Gasteiger partial charge in [-0.25, -0.2) is 4.79 Å². The summed E-state index contributed by atoms with van der Waals surface area (Å²) in [5.74, 6) is -1.31. The lowest BCUT2D eigenvalue weighted by molar-refractivity contribution is -0.388. The van der Waals surface area contributed by atoms with E-state index in [0.717, 1.165) is 23.9 Å². The summed E-state index contributed by atoms with van der Waals surface area (Å²) >= 11 is 0.748. The predicted octanol–water partition coefficient (Wildman–Crippen LogP) is 5.13. The largest absolute Gasteiger partial charge is 0.454 e. The molecule has 3 aromatic rings. The number of halogens is 3. The highest BCUT2D eigenvalue weighted by Gasteiger charge is 2.33. The molecule has 0 aliphatic carbocycles. The van der Waals surface area contributed by atoms with E-state index in [-0.39, 0.29) is 21.0 Å². The molecule has 0 unspecified atom stereocenters. The third-order valence-electron chi connectivity index (χ3n) is 4.04. The van der Waals surface area contributed by atoms with Crippen LogP contribution in [-0.4, -0.2) is 28.3 Å². The lowest BCUT2D eigenvalue weighted by Gasteiger charge is -2.11. The normalized spacial score (nSPS) is 11.2.